The molecule has 2 N–H and O–H groups in total. The maximum atomic E-state index is 11.9. The van der Waals surface area contributed by atoms with Gasteiger partial charge in [-0.2, -0.15) is 0 Å². The Balaban J connectivity index is 1.58. The van der Waals surface area contributed by atoms with E-state index in [9.17, 15) is 9.90 Å². The third-order valence-electron chi connectivity index (χ3n) is 4.94. The lowest BCUT2D eigenvalue weighted by molar-refractivity contribution is -0.125. The van der Waals surface area contributed by atoms with E-state index in [2.05, 4.69) is 24.1 Å². The molecule has 122 valence electrons. The number of carbonyl (C=O) groups excluding carboxylic acids is 1. The van der Waals surface area contributed by atoms with Crippen LogP contribution < -0.4 is 5.32 Å². The summed E-state index contributed by atoms with van der Waals surface area (Å²) >= 11 is 0. The lowest BCUT2D eigenvalue weighted by Crippen LogP contribution is -2.40. The summed E-state index contributed by atoms with van der Waals surface area (Å²) in [6.07, 6.45) is 6.29. The molecular weight excluding hydrogens is 264 g/mol. The average Bonchev–Trinajstić information content (AvgIpc) is 2.80. The molecule has 21 heavy (non-hydrogen) atoms. The highest BCUT2D eigenvalue weighted by Crippen LogP contribution is 2.32. The Labute approximate surface area is 129 Å². The number of amides is 1. The summed E-state index contributed by atoms with van der Waals surface area (Å²) < 4.78 is 0. The van der Waals surface area contributed by atoms with Crippen LogP contribution in [0.1, 0.15) is 58.8 Å². The maximum absolute atomic E-state index is 11.9. The highest BCUT2D eigenvalue weighted by Gasteiger charge is 2.33. The number of aliphatic hydroxyl groups is 1. The van der Waals surface area contributed by atoms with Gasteiger partial charge < -0.3 is 15.3 Å². The van der Waals surface area contributed by atoms with Gasteiger partial charge in [-0.05, 0) is 44.1 Å². The SMILES string of the molecule is CC1CC(C)CN(CCCNC(=O)CC2(O)CCCC2)C1. The smallest absolute Gasteiger partial charge is 0.222 e. The minimum absolute atomic E-state index is 0.0137. The highest BCUT2D eigenvalue weighted by molar-refractivity contribution is 5.77. The first-order valence-corrected chi connectivity index (χ1v) is 8.68. The molecule has 4 heteroatoms. The molecule has 1 amide bonds. The summed E-state index contributed by atoms with van der Waals surface area (Å²) in [6.45, 7) is 8.84. The fourth-order valence-electron chi connectivity index (χ4n) is 4.08. The van der Waals surface area contributed by atoms with Gasteiger partial charge in [0.1, 0.15) is 0 Å². The van der Waals surface area contributed by atoms with Gasteiger partial charge in [-0.3, -0.25) is 4.79 Å². The van der Waals surface area contributed by atoms with E-state index in [0.29, 0.717) is 0 Å². The molecule has 0 aromatic carbocycles. The molecule has 0 bridgehead atoms. The second-order valence-electron chi connectivity index (χ2n) is 7.52. The topological polar surface area (TPSA) is 52.6 Å². The van der Waals surface area contributed by atoms with Crippen LogP contribution in [0.3, 0.4) is 0 Å². The van der Waals surface area contributed by atoms with Crippen LogP contribution in [-0.2, 0) is 4.79 Å². The predicted molar refractivity (Wildman–Crippen MR) is 85.0 cm³/mol. The van der Waals surface area contributed by atoms with Gasteiger partial charge in [0.2, 0.25) is 5.91 Å². The van der Waals surface area contributed by atoms with Crippen LogP contribution in [0.4, 0.5) is 0 Å². The molecule has 1 aliphatic heterocycles. The number of hydrogen-bond donors (Lipinski definition) is 2. The average molecular weight is 296 g/mol. The van der Waals surface area contributed by atoms with Crippen LogP contribution in [-0.4, -0.2) is 47.7 Å². The van der Waals surface area contributed by atoms with E-state index in [4.69, 9.17) is 0 Å². The highest BCUT2D eigenvalue weighted by atomic mass is 16.3. The molecule has 0 aromatic rings. The molecule has 0 spiro atoms. The molecule has 2 fully saturated rings. The largest absolute Gasteiger partial charge is 0.389 e. The van der Waals surface area contributed by atoms with Crippen molar-refractivity contribution in [1.82, 2.24) is 10.2 Å². The van der Waals surface area contributed by atoms with Gasteiger partial charge >= 0.3 is 0 Å². The van der Waals surface area contributed by atoms with E-state index in [-0.39, 0.29) is 12.3 Å². The quantitative estimate of drug-likeness (QED) is 0.739. The molecule has 2 unspecified atom stereocenters. The van der Waals surface area contributed by atoms with Crippen molar-refractivity contribution in [2.45, 2.75) is 64.4 Å². The van der Waals surface area contributed by atoms with Crippen LogP contribution in [0.15, 0.2) is 0 Å². The first-order valence-electron chi connectivity index (χ1n) is 8.68. The monoisotopic (exact) mass is 296 g/mol. The summed E-state index contributed by atoms with van der Waals surface area (Å²) in [5, 5.41) is 13.2. The van der Waals surface area contributed by atoms with E-state index in [1.165, 1.54) is 19.5 Å². The summed E-state index contributed by atoms with van der Waals surface area (Å²) in [6, 6.07) is 0. The van der Waals surface area contributed by atoms with E-state index in [0.717, 1.165) is 57.0 Å². The van der Waals surface area contributed by atoms with Gasteiger partial charge in [-0.1, -0.05) is 26.7 Å². The molecule has 2 aliphatic rings. The van der Waals surface area contributed by atoms with Gasteiger partial charge in [0.25, 0.3) is 0 Å². The summed E-state index contributed by atoms with van der Waals surface area (Å²) in [5.41, 5.74) is -0.720. The minimum Gasteiger partial charge on any atom is -0.389 e. The van der Waals surface area contributed by atoms with E-state index < -0.39 is 5.60 Å². The van der Waals surface area contributed by atoms with Crippen molar-refractivity contribution >= 4 is 5.91 Å². The summed E-state index contributed by atoms with van der Waals surface area (Å²) in [5.74, 6) is 1.60. The normalized spacial score (nSPS) is 29.5. The van der Waals surface area contributed by atoms with Crippen molar-refractivity contribution in [2.75, 3.05) is 26.2 Å². The molecular formula is C17H32N2O2. The lowest BCUT2D eigenvalue weighted by Gasteiger charge is -2.35. The Morgan fingerprint density at radius 3 is 2.48 bits per heavy atom. The van der Waals surface area contributed by atoms with E-state index in [1.54, 1.807) is 0 Å². The zero-order chi connectivity index (χ0) is 15.3. The van der Waals surface area contributed by atoms with Gasteiger partial charge in [-0.15, -0.1) is 0 Å². The number of nitrogens with one attached hydrogen (secondary N) is 1. The Morgan fingerprint density at radius 1 is 1.24 bits per heavy atom. The fourth-order valence-corrected chi connectivity index (χ4v) is 4.08. The number of piperidine rings is 1. The van der Waals surface area contributed by atoms with Gasteiger partial charge in [0.15, 0.2) is 0 Å². The minimum atomic E-state index is -0.720. The molecule has 4 nitrogen and oxygen atoms in total. The lowest BCUT2D eigenvalue weighted by atomic mass is 9.92. The third kappa shape index (κ3) is 5.59. The Bertz CT molecular complexity index is 330. The number of nitrogens with zero attached hydrogens (tertiary/aromatic N) is 1. The van der Waals surface area contributed by atoms with E-state index in [1.807, 2.05) is 0 Å². The molecule has 1 heterocycles. The van der Waals surface area contributed by atoms with Crippen molar-refractivity contribution in [3.05, 3.63) is 0 Å². The molecule has 0 aromatic heterocycles. The Hall–Kier alpha value is -0.610. The zero-order valence-electron chi connectivity index (χ0n) is 13.7. The number of likely N-dealkylation sites (tertiary alicyclic amines) is 1. The Kier molecular flexibility index (Phi) is 6.06. The van der Waals surface area contributed by atoms with Crippen molar-refractivity contribution in [1.29, 1.82) is 0 Å². The second kappa shape index (κ2) is 7.59. The number of hydrogen-bond acceptors (Lipinski definition) is 3. The number of carbonyl (C=O) groups is 1. The van der Waals surface area contributed by atoms with Gasteiger partial charge in [0.05, 0.1) is 12.0 Å². The first-order chi connectivity index (χ1) is 9.97. The predicted octanol–water partition coefficient (Wildman–Crippen LogP) is 2.17. The molecule has 1 saturated heterocycles. The van der Waals surface area contributed by atoms with E-state index >= 15 is 0 Å². The van der Waals surface area contributed by atoms with Crippen molar-refractivity contribution < 1.29 is 9.90 Å². The van der Waals surface area contributed by atoms with Crippen LogP contribution in [0, 0.1) is 11.8 Å². The van der Waals surface area contributed by atoms with Gasteiger partial charge in [0, 0.05) is 19.6 Å². The van der Waals surface area contributed by atoms with Crippen molar-refractivity contribution in [3.63, 3.8) is 0 Å². The zero-order valence-corrected chi connectivity index (χ0v) is 13.7. The fraction of sp³-hybridized carbons (Fsp3) is 0.941. The van der Waals surface area contributed by atoms with Crippen LogP contribution in [0.5, 0.6) is 0 Å². The van der Waals surface area contributed by atoms with Crippen LogP contribution >= 0.6 is 0 Å². The molecule has 1 saturated carbocycles. The third-order valence-corrected chi connectivity index (χ3v) is 4.94. The maximum Gasteiger partial charge on any atom is 0.222 e. The van der Waals surface area contributed by atoms with Crippen LogP contribution in [0.2, 0.25) is 0 Å². The van der Waals surface area contributed by atoms with Crippen molar-refractivity contribution in [2.24, 2.45) is 11.8 Å². The Morgan fingerprint density at radius 2 is 1.86 bits per heavy atom. The molecule has 2 rings (SSSR count). The summed E-state index contributed by atoms with van der Waals surface area (Å²) in [4.78, 5) is 14.4. The standard InChI is InChI=1S/C17H32N2O2/c1-14-10-15(2)13-19(12-14)9-5-8-18-16(20)11-17(21)6-3-4-7-17/h14-15,21H,3-13H2,1-2H3,(H,18,20). The number of rotatable bonds is 6. The van der Waals surface area contributed by atoms with Crippen LogP contribution in [0.25, 0.3) is 0 Å². The second-order valence-corrected chi connectivity index (χ2v) is 7.52. The molecule has 2 atom stereocenters. The molecule has 1 aliphatic carbocycles. The van der Waals surface area contributed by atoms with Gasteiger partial charge in [-0.25, -0.2) is 0 Å². The molecule has 0 radical (unpaired) electrons. The first kappa shape index (κ1) is 16.8. The van der Waals surface area contributed by atoms with Crippen molar-refractivity contribution in [3.8, 4) is 0 Å². The summed E-state index contributed by atoms with van der Waals surface area (Å²) in [7, 11) is 0.